The van der Waals surface area contributed by atoms with Crippen LogP contribution in [0.1, 0.15) is 25.0 Å². The molecule has 0 aliphatic heterocycles. The fourth-order valence-electron chi connectivity index (χ4n) is 1.18. The summed E-state index contributed by atoms with van der Waals surface area (Å²) in [6, 6.07) is 8.19. The third-order valence-electron chi connectivity index (χ3n) is 2.24. The first-order valence-electron chi connectivity index (χ1n) is 5.12. The van der Waals surface area contributed by atoms with Gasteiger partial charge in [0, 0.05) is 0 Å². The Balaban J connectivity index is 2.69. The summed E-state index contributed by atoms with van der Waals surface area (Å²) >= 11 is 4.07. The minimum Gasteiger partial charge on any atom is -0.294 e. The van der Waals surface area contributed by atoms with E-state index in [1.807, 2.05) is 18.2 Å². The Morgan fingerprint density at radius 2 is 2.00 bits per heavy atom. The first-order valence-corrected chi connectivity index (χ1v) is 5.64. The molecule has 1 atom stereocenters. The zero-order valence-corrected chi connectivity index (χ0v) is 10.00. The summed E-state index contributed by atoms with van der Waals surface area (Å²) in [5.41, 5.74) is 2.36. The lowest BCUT2D eigenvalue weighted by molar-refractivity contribution is -0.113. The van der Waals surface area contributed by atoms with Crippen molar-refractivity contribution in [2.45, 2.75) is 25.5 Å². The zero-order chi connectivity index (χ0) is 11.3. The fourth-order valence-corrected chi connectivity index (χ4v) is 1.27. The summed E-state index contributed by atoms with van der Waals surface area (Å²) in [5.74, 6) is 0.0397. The molecule has 0 aliphatic rings. The lowest BCUT2D eigenvalue weighted by Crippen LogP contribution is -2.05. The molecule has 0 bridgehead atoms. The second-order valence-electron chi connectivity index (χ2n) is 3.51. The van der Waals surface area contributed by atoms with Crippen LogP contribution in [-0.4, -0.2) is 11.0 Å². The molecule has 1 unspecified atom stereocenters. The summed E-state index contributed by atoms with van der Waals surface area (Å²) in [5, 5.41) is -0.226. The Labute approximate surface area is 96.6 Å². The number of hydrogen-bond donors (Lipinski definition) is 1. The Bertz CT molecular complexity index is 349. The maximum atomic E-state index is 11.3. The number of carbonyl (C=O) groups is 1. The molecule has 1 nitrogen and oxygen atoms in total. The maximum absolute atomic E-state index is 11.3. The third kappa shape index (κ3) is 3.92. The number of carbonyl (C=O) groups excluding carboxylic acids is 1. The van der Waals surface area contributed by atoms with Gasteiger partial charge in [0.05, 0.1) is 5.25 Å². The number of hydrogen-bond acceptors (Lipinski definition) is 2. The Kier molecular flexibility index (Phi) is 4.63. The summed E-state index contributed by atoms with van der Waals surface area (Å²) in [6.45, 7) is 3.90. The molecule has 0 amide bonds. The zero-order valence-electron chi connectivity index (χ0n) is 9.10. The Hall–Kier alpha value is -1.02. The first kappa shape index (κ1) is 12.1. The van der Waals surface area contributed by atoms with Crippen molar-refractivity contribution in [2.75, 3.05) is 0 Å². The molecule has 0 spiro atoms. The van der Waals surface area contributed by atoms with E-state index in [0.717, 1.165) is 12.0 Å². The molecular formula is C13H16OS. The predicted octanol–water partition coefficient (Wildman–Crippen LogP) is 3.15. The second-order valence-corrected chi connectivity index (χ2v) is 4.28. The van der Waals surface area contributed by atoms with E-state index in [-0.39, 0.29) is 11.0 Å². The third-order valence-corrected chi connectivity index (χ3v) is 2.49. The van der Waals surface area contributed by atoms with Crippen LogP contribution in [0.2, 0.25) is 0 Å². The lowest BCUT2D eigenvalue weighted by atomic mass is 10.1. The largest absolute Gasteiger partial charge is 0.294 e. The molecule has 0 radical (unpaired) electrons. The Morgan fingerprint density at radius 1 is 1.40 bits per heavy atom. The van der Waals surface area contributed by atoms with Crippen LogP contribution in [0, 0.1) is 0 Å². The van der Waals surface area contributed by atoms with Crippen molar-refractivity contribution in [3.8, 4) is 0 Å². The summed E-state index contributed by atoms with van der Waals surface area (Å²) in [4.78, 5) is 11.3. The summed E-state index contributed by atoms with van der Waals surface area (Å²) in [7, 11) is 0. The predicted molar refractivity (Wildman–Crippen MR) is 68.3 cm³/mol. The molecule has 0 aliphatic carbocycles. The molecule has 1 aromatic rings. The molecule has 0 fully saturated rings. The van der Waals surface area contributed by atoms with Gasteiger partial charge in [-0.2, -0.15) is 12.6 Å². The second kappa shape index (κ2) is 5.76. The minimum absolute atomic E-state index is 0.0397. The van der Waals surface area contributed by atoms with E-state index < -0.39 is 0 Å². The van der Waals surface area contributed by atoms with E-state index in [1.165, 1.54) is 5.56 Å². The van der Waals surface area contributed by atoms with E-state index in [9.17, 15) is 4.79 Å². The van der Waals surface area contributed by atoms with Crippen molar-refractivity contribution < 1.29 is 4.79 Å². The summed E-state index contributed by atoms with van der Waals surface area (Å²) in [6.07, 6.45) is 4.45. The topological polar surface area (TPSA) is 17.1 Å². The molecule has 15 heavy (non-hydrogen) atoms. The van der Waals surface area contributed by atoms with E-state index in [2.05, 4.69) is 31.7 Å². The van der Waals surface area contributed by atoms with Crippen LogP contribution in [0.15, 0.2) is 30.3 Å². The van der Waals surface area contributed by atoms with Gasteiger partial charge in [0.1, 0.15) is 0 Å². The number of allylic oxidation sites excluding steroid dienone is 1. The molecule has 2 heteroatoms. The van der Waals surface area contributed by atoms with Crippen molar-refractivity contribution in [1.82, 2.24) is 0 Å². The van der Waals surface area contributed by atoms with Gasteiger partial charge in [0.25, 0.3) is 0 Å². The number of rotatable bonds is 4. The molecule has 0 N–H and O–H groups in total. The number of aryl methyl sites for hydroxylation is 1. The molecule has 1 rings (SSSR count). The number of ketones is 1. The van der Waals surface area contributed by atoms with E-state index in [4.69, 9.17) is 0 Å². The van der Waals surface area contributed by atoms with Crippen LogP contribution in [0.5, 0.6) is 0 Å². The highest BCUT2D eigenvalue weighted by molar-refractivity contribution is 7.81. The average molecular weight is 220 g/mol. The van der Waals surface area contributed by atoms with Gasteiger partial charge in [-0.05, 0) is 30.5 Å². The standard InChI is InChI=1S/C13H16OS/c1-3-11-4-6-12(7-5-11)8-9-13(14)10(2)15/h4-10,15H,3H2,1-2H3/b9-8+. The molecule has 0 saturated carbocycles. The highest BCUT2D eigenvalue weighted by Gasteiger charge is 2.02. The fraction of sp³-hybridized carbons (Fsp3) is 0.308. The van der Waals surface area contributed by atoms with Gasteiger partial charge in [0.2, 0.25) is 0 Å². The smallest absolute Gasteiger partial charge is 0.168 e. The molecule has 1 aromatic carbocycles. The highest BCUT2D eigenvalue weighted by atomic mass is 32.1. The van der Waals surface area contributed by atoms with Crippen molar-refractivity contribution in [1.29, 1.82) is 0 Å². The Morgan fingerprint density at radius 3 is 2.47 bits per heavy atom. The SMILES string of the molecule is CCc1ccc(/C=C/C(=O)C(C)S)cc1. The number of benzene rings is 1. The van der Waals surface area contributed by atoms with Crippen LogP contribution in [0.4, 0.5) is 0 Å². The van der Waals surface area contributed by atoms with Crippen LogP contribution in [0.3, 0.4) is 0 Å². The van der Waals surface area contributed by atoms with E-state index >= 15 is 0 Å². The first-order chi connectivity index (χ1) is 7.13. The van der Waals surface area contributed by atoms with Crippen LogP contribution in [-0.2, 0) is 11.2 Å². The number of thiol groups is 1. The van der Waals surface area contributed by atoms with Gasteiger partial charge in [-0.25, -0.2) is 0 Å². The quantitative estimate of drug-likeness (QED) is 0.609. The minimum atomic E-state index is -0.226. The molecule has 80 valence electrons. The lowest BCUT2D eigenvalue weighted by Gasteiger charge is -1.98. The van der Waals surface area contributed by atoms with Gasteiger partial charge < -0.3 is 0 Å². The summed E-state index contributed by atoms with van der Waals surface area (Å²) < 4.78 is 0. The molecular weight excluding hydrogens is 204 g/mol. The van der Waals surface area contributed by atoms with Crippen molar-refractivity contribution in [2.24, 2.45) is 0 Å². The monoisotopic (exact) mass is 220 g/mol. The van der Waals surface area contributed by atoms with Crippen molar-refractivity contribution in [3.05, 3.63) is 41.5 Å². The van der Waals surface area contributed by atoms with Gasteiger partial charge in [-0.1, -0.05) is 37.3 Å². The van der Waals surface area contributed by atoms with Crippen molar-refractivity contribution in [3.63, 3.8) is 0 Å². The molecule has 0 aromatic heterocycles. The van der Waals surface area contributed by atoms with Gasteiger partial charge >= 0.3 is 0 Å². The normalized spacial score (nSPS) is 13.0. The highest BCUT2D eigenvalue weighted by Crippen LogP contribution is 2.07. The van der Waals surface area contributed by atoms with Crippen LogP contribution < -0.4 is 0 Å². The van der Waals surface area contributed by atoms with Gasteiger partial charge in [0.15, 0.2) is 5.78 Å². The van der Waals surface area contributed by atoms with Crippen LogP contribution in [0.25, 0.3) is 6.08 Å². The van der Waals surface area contributed by atoms with E-state index in [0.29, 0.717) is 0 Å². The van der Waals surface area contributed by atoms with E-state index in [1.54, 1.807) is 13.0 Å². The van der Waals surface area contributed by atoms with Crippen LogP contribution >= 0.6 is 12.6 Å². The van der Waals surface area contributed by atoms with Gasteiger partial charge in [-0.3, -0.25) is 4.79 Å². The van der Waals surface area contributed by atoms with Crippen molar-refractivity contribution >= 4 is 24.5 Å². The maximum Gasteiger partial charge on any atom is 0.168 e. The van der Waals surface area contributed by atoms with Gasteiger partial charge in [-0.15, -0.1) is 0 Å². The molecule has 0 heterocycles. The molecule has 0 saturated heterocycles. The average Bonchev–Trinajstić information content (AvgIpc) is 2.26.